The van der Waals surface area contributed by atoms with Gasteiger partial charge in [0.05, 0.1) is 12.9 Å². The maximum Gasteiger partial charge on any atom is 0.214 e. The van der Waals surface area contributed by atoms with Gasteiger partial charge in [-0.25, -0.2) is 8.42 Å². The van der Waals surface area contributed by atoms with Crippen molar-refractivity contribution in [2.45, 2.75) is 26.2 Å². The van der Waals surface area contributed by atoms with Crippen LogP contribution in [-0.4, -0.2) is 69.8 Å². The Kier molecular flexibility index (Phi) is 7.99. The van der Waals surface area contributed by atoms with Crippen LogP contribution in [0.25, 0.3) is 0 Å². The third-order valence-electron chi connectivity index (χ3n) is 4.47. The van der Waals surface area contributed by atoms with Gasteiger partial charge in [0.2, 0.25) is 10.0 Å². The van der Waals surface area contributed by atoms with Crippen LogP contribution < -0.4 is 9.47 Å². The van der Waals surface area contributed by atoms with Crippen LogP contribution in [0.2, 0.25) is 0 Å². The number of hydrogen-bond donors (Lipinski definition) is 0. The van der Waals surface area contributed by atoms with Gasteiger partial charge in [0, 0.05) is 32.7 Å². The minimum absolute atomic E-state index is 0.279. The van der Waals surface area contributed by atoms with E-state index >= 15 is 0 Å². The van der Waals surface area contributed by atoms with E-state index in [0.29, 0.717) is 19.7 Å². The molecule has 2 rings (SSSR count). The van der Waals surface area contributed by atoms with Gasteiger partial charge in [-0.15, -0.1) is 0 Å². The predicted molar refractivity (Wildman–Crippen MR) is 99.8 cm³/mol. The fourth-order valence-electron chi connectivity index (χ4n) is 2.86. The van der Waals surface area contributed by atoms with Gasteiger partial charge < -0.3 is 9.47 Å². The number of hydrogen-bond acceptors (Lipinski definition) is 5. The molecular weight excluding hydrogens is 340 g/mol. The number of benzene rings is 1. The average molecular weight is 371 g/mol. The lowest BCUT2D eigenvalue weighted by Crippen LogP contribution is -2.50. The van der Waals surface area contributed by atoms with E-state index < -0.39 is 10.0 Å². The first-order chi connectivity index (χ1) is 12.0. The second-order valence-electron chi connectivity index (χ2n) is 6.29. The molecule has 0 amide bonds. The van der Waals surface area contributed by atoms with Crippen LogP contribution in [0.1, 0.15) is 26.2 Å². The lowest BCUT2D eigenvalue weighted by molar-refractivity contribution is 0.159. The zero-order valence-electron chi connectivity index (χ0n) is 15.3. The summed E-state index contributed by atoms with van der Waals surface area (Å²) in [6.45, 7) is 6.16. The first kappa shape index (κ1) is 20.0. The average Bonchev–Trinajstić information content (AvgIpc) is 2.63. The molecule has 6 nitrogen and oxygen atoms in total. The van der Waals surface area contributed by atoms with Crippen molar-refractivity contribution in [2.75, 3.05) is 52.2 Å². The molecule has 0 bridgehead atoms. The number of piperazine rings is 1. The second-order valence-corrected chi connectivity index (χ2v) is 8.38. The molecule has 1 fully saturated rings. The van der Waals surface area contributed by atoms with Crippen LogP contribution in [0.15, 0.2) is 24.3 Å². The number of nitrogens with zero attached hydrogens (tertiary/aromatic N) is 2. The molecular formula is C18H30N2O4S. The van der Waals surface area contributed by atoms with E-state index in [1.54, 1.807) is 11.4 Å². The van der Waals surface area contributed by atoms with Crippen LogP contribution in [0.5, 0.6) is 11.5 Å². The molecule has 25 heavy (non-hydrogen) atoms. The largest absolute Gasteiger partial charge is 0.497 e. The highest BCUT2D eigenvalue weighted by atomic mass is 32.2. The SMILES string of the molecule is CCCCCS(=O)(=O)N1CCN(CCOc2ccc(OC)cc2)CC1. The monoisotopic (exact) mass is 370 g/mol. The van der Waals surface area contributed by atoms with Gasteiger partial charge in [-0.3, -0.25) is 4.90 Å². The summed E-state index contributed by atoms with van der Waals surface area (Å²) < 4.78 is 37.1. The number of sulfonamides is 1. The van der Waals surface area contributed by atoms with Crippen LogP contribution in [-0.2, 0) is 10.0 Å². The van der Waals surface area contributed by atoms with Crippen molar-refractivity contribution in [3.63, 3.8) is 0 Å². The summed E-state index contributed by atoms with van der Waals surface area (Å²) in [4.78, 5) is 2.25. The second kappa shape index (κ2) is 9.99. The highest BCUT2D eigenvalue weighted by Crippen LogP contribution is 2.17. The van der Waals surface area contributed by atoms with E-state index in [1.807, 2.05) is 24.3 Å². The zero-order chi connectivity index (χ0) is 18.1. The van der Waals surface area contributed by atoms with Gasteiger partial charge in [-0.2, -0.15) is 4.31 Å². The number of ether oxygens (including phenoxy) is 2. The molecule has 0 N–H and O–H groups in total. The third-order valence-corrected chi connectivity index (χ3v) is 6.42. The molecule has 1 aromatic rings. The maximum absolute atomic E-state index is 12.3. The first-order valence-electron chi connectivity index (χ1n) is 9.02. The summed E-state index contributed by atoms with van der Waals surface area (Å²) in [7, 11) is -1.45. The lowest BCUT2D eigenvalue weighted by atomic mass is 10.3. The molecule has 1 aromatic carbocycles. The van der Waals surface area contributed by atoms with Gasteiger partial charge in [-0.05, 0) is 30.7 Å². The fraction of sp³-hybridized carbons (Fsp3) is 0.667. The Morgan fingerprint density at radius 2 is 1.64 bits per heavy atom. The normalized spacial score (nSPS) is 16.7. The van der Waals surface area contributed by atoms with E-state index in [-0.39, 0.29) is 5.75 Å². The summed E-state index contributed by atoms with van der Waals surface area (Å²) in [5.74, 6) is 1.91. The summed E-state index contributed by atoms with van der Waals surface area (Å²) in [5.41, 5.74) is 0. The Labute approximate surface area is 151 Å². The van der Waals surface area contributed by atoms with Gasteiger partial charge in [-0.1, -0.05) is 19.8 Å². The summed E-state index contributed by atoms with van der Waals surface area (Å²) >= 11 is 0. The standard InChI is InChI=1S/C18H30N2O4S/c1-3-4-5-16-25(21,22)20-12-10-19(11-13-20)14-15-24-18-8-6-17(23-2)7-9-18/h6-9H,3-5,10-16H2,1-2H3. The Balaban J connectivity index is 1.67. The van der Waals surface area contributed by atoms with Gasteiger partial charge in [0.15, 0.2) is 0 Å². The molecule has 7 heteroatoms. The molecule has 0 aliphatic carbocycles. The summed E-state index contributed by atoms with van der Waals surface area (Å²) in [5, 5.41) is 0. The molecule has 1 saturated heterocycles. The first-order valence-corrected chi connectivity index (χ1v) is 10.6. The molecule has 1 heterocycles. The molecule has 1 aliphatic heterocycles. The molecule has 0 saturated carbocycles. The Morgan fingerprint density at radius 3 is 2.24 bits per heavy atom. The van der Waals surface area contributed by atoms with E-state index in [0.717, 1.165) is 50.4 Å². The summed E-state index contributed by atoms with van der Waals surface area (Å²) in [6, 6.07) is 7.52. The van der Waals surface area contributed by atoms with Crippen molar-refractivity contribution in [3.8, 4) is 11.5 Å². The maximum atomic E-state index is 12.3. The van der Waals surface area contributed by atoms with Crippen molar-refractivity contribution >= 4 is 10.0 Å². The van der Waals surface area contributed by atoms with Crippen LogP contribution in [0.4, 0.5) is 0 Å². The molecule has 0 atom stereocenters. The highest BCUT2D eigenvalue weighted by Gasteiger charge is 2.26. The van der Waals surface area contributed by atoms with Crippen molar-refractivity contribution in [1.82, 2.24) is 9.21 Å². The van der Waals surface area contributed by atoms with Crippen molar-refractivity contribution in [1.29, 1.82) is 0 Å². The Morgan fingerprint density at radius 1 is 1.00 bits per heavy atom. The molecule has 142 valence electrons. The van der Waals surface area contributed by atoms with Crippen molar-refractivity contribution < 1.29 is 17.9 Å². The minimum Gasteiger partial charge on any atom is -0.497 e. The van der Waals surface area contributed by atoms with E-state index in [4.69, 9.17) is 9.47 Å². The van der Waals surface area contributed by atoms with Gasteiger partial charge >= 0.3 is 0 Å². The van der Waals surface area contributed by atoms with Crippen molar-refractivity contribution in [2.24, 2.45) is 0 Å². The van der Waals surface area contributed by atoms with Gasteiger partial charge in [0.25, 0.3) is 0 Å². The van der Waals surface area contributed by atoms with Crippen LogP contribution in [0.3, 0.4) is 0 Å². The van der Waals surface area contributed by atoms with Crippen LogP contribution >= 0.6 is 0 Å². The lowest BCUT2D eigenvalue weighted by Gasteiger charge is -2.33. The molecule has 0 radical (unpaired) electrons. The molecule has 0 spiro atoms. The minimum atomic E-state index is -3.09. The van der Waals surface area contributed by atoms with E-state index in [9.17, 15) is 8.42 Å². The third kappa shape index (κ3) is 6.49. The Bertz CT molecular complexity index is 596. The highest BCUT2D eigenvalue weighted by molar-refractivity contribution is 7.89. The molecule has 0 aromatic heterocycles. The quantitative estimate of drug-likeness (QED) is 0.591. The number of rotatable bonds is 10. The van der Waals surface area contributed by atoms with Crippen molar-refractivity contribution in [3.05, 3.63) is 24.3 Å². The number of methoxy groups -OCH3 is 1. The predicted octanol–water partition coefficient (Wildman–Crippen LogP) is 2.21. The zero-order valence-corrected chi connectivity index (χ0v) is 16.1. The Hall–Kier alpha value is -1.31. The molecule has 0 unspecified atom stereocenters. The fourth-order valence-corrected chi connectivity index (χ4v) is 4.41. The smallest absolute Gasteiger partial charge is 0.214 e. The van der Waals surface area contributed by atoms with Crippen LogP contribution in [0, 0.1) is 0 Å². The molecule has 1 aliphatic rings. The summed E-state index contributed by atoms with van der Waals surface area (Å²) in [6.07, 6.45) is 2.77. The van der Waals surface area contributed by atoms with E-state index in [1.165, 1.54) is 0 Å². The number of unbranched alkanes of at least 4 members (excludes halogenated alkanes) is 2. The van der Waals surface area contributed by atoms with Gasteiger partial charge in [0.1, 0.15) is 18.1 Å². The van der Waals surface area contributed by atoms with E-state index in [2.05, 4.69) is 11.8 Å². The topological polar surface area (TPSA) is 59.1 Å².